The van der Waals surface area contributed by atoms with Crippen molar-refractivity contribution >= 4 is 18.0 Å². The van der Waals surface area contributed by atoms with E-state index in [-0.39, 0.29) is 13.0 Å². The Morgan fingerprint density at radius 1 is 0.875 bits per heavy atom. The molecule has 1 N–H and O–H groups in total. The van der Waals surface area contributed by atoms with E-state index in [0.29, 0.717) is 5.75 Å². The molecule has 0 spiro atoms. The highest BCUT2D eigenvalue weighted by Crippen LogP contribution is 2.28. The Kier molecular flexibility index (Phi) is 8.41. The number of para-hydroxylation sites is 1. The van der Waals surface area contributed by atoms with Gasteiger partial charge in [-0.3, -0.25) is 4.79 Å². The third-order valence-corrected chi connectivity index (χ3v) is 4.48. The minimum Gasteiger partial charge on any atom is -0.460 e. The van der Waals surface area contributed by atoms with Crippen LogP contribution in [0.15, 0.2) is 60.7 Å². The van der Waals surface area contributed by atoms with Crippen molar-refractivity contribution in [2.45, 2.75) is 59.3 Å². The van der Waals surface area contributed by atoms with E-state index in [9.17, 15) is 14.4 Å². The summed E-state index contributed by atoms with van der Waals surface area (Å²) in [6.07, 6.45) is -0.934. The van der Waals surface area contributed by atoms with Crippen molar-refractivity contribution in [1.82, 2.24) is 5.32 Å². The van der Waals surface area contributed by atoms with E-state index in [0.717, 1.165) is 5.56 Å². The summed E-state index contributed by atoms with van der Waals surface area (Å²) in [6.45, 7) is 8.70. The maximum Gasteiger partial charge on any atom is 0.413 e. The molecule has 2 aromatic carbocycles. The molecule has 0 bridgehead atoms. The highest BCUT2D eigenvalue weighted by Gasteiger charge is 2.41. The molecule has 0 heterocycles. The molecule has 0 radical (unpaired) electrons. The molecule has 0 saturated heterocycles. The molecule has 2 aromatic rings. The molecule has 0 aliphatic carbocycles. The first-order valence-electron chi connectivity index (χ1n) is 10.4. The lowest BCUT2D eigenvalue weighted by atomic mass is 9.81. The molecule has 7 heteroatoms. The van der Waals surface area contributed by atoms with E-state index >= 15 is 0 Å². The van der Waals surface area contributed by atoms with E-state index in [1.54, 1.807) is 65.0 Å². The molecular formula is C25H31NO6. The van der Waals surface area contributed by atoms with Gasteiger partial charge in [-0.05, 0) is 38.5 Å². The first kappa shape index (κ1) is 24.9. The molecule has 2 rings (SSSR count). The van der Waals surface area contributed by atoms with Crippen LogP contribution >= 0.6 is 0 Å². The fourth-order valence-electron chi connectivity index (χ4n) is 2.98. The second kappa shape index (κ2) is 10.8. The highest BCUT2D eigenvalue weighted by atomic mass is 16.6. The first-order chi connectivity index (χ1) is 15.0. The zero-order valence-electron chi connectivity index (χ0n) is 19.2. The number of esters is 2. The van der Waals surface area contributed by atoms with Gasteiger partial charge in [0.25, 0.3) is 0 Å². The molecule has 0 aromatic heterocycles. The third kappa shape index (κ3) is 8.41. The molecule has 0 saturated carbocycles. The Hall–Kier alpha value is -3.35. The lowest BCUT2D eigenvalue weighted by molar-refractivity contribution is -0.159. The van der Waals surface area contributed by atoms with Gasteiger partial charge in [0, 0.05) is 5.41 Å². The number of ether oxygens (including phenoxy) is 3. The van der Waals surface area contributed by atoms with Crippen molar-refractivity contribution in [2.24, 2.45) is 5.41 Å². The smallest absolute Gasteiger partial charge is 0.413 e. The Labute approximate surface area is 189 Å². The van der Waals surface area contributed by atoms with Crippen LogP contribution in [0.4, 0.5) is 4.79 Å². The summed E-state index contributed by atoms with van der Waals surface area (Å²) in [6, 6.07) is 16.5. The van der Waals surface area contributed by atoms with Crippen LogP contribution < -0.4 is 10.1 Å². The van der Waals surface area contributed by atoms with Gasteiger partial charge in [0.1, 0.15) is 24.0 Å². The predicted molar refractivity (Wildman–Crippen MR) is 120 cm³/mol. The number of rotatable bonds is 8. The number of benzene rings is 2. The fourth-order valence-corrected chi connectivity index (χ4v) is 2.98. The SMILES string of the molecule is CC(C)(C)OC(=O)CC(C)(C)[C@@H](NC(=O)Oc1ccccc1)C(=O)OCc1ccccc1. The lowest BCUT2D eigenvalue weighted by Gasteiger charge is -2.33. The van der Waals surface area contributed by atoms with Crippen molar-refractivity contribution in [1.29, 1.82) is 0 Å². The molecular weight excluding hydrogens is 410 g/mol. The quantitative estimate of drug-likeness (QED) is 0.600. The van der Waals surface area contributed by atoms with Gasteiger partial charge in [-0.15, -0.1) is 0 Å². The second-order valence-corrected chi connectivity index (χ2v) is 9.13. The Balaban J connectivity index is 2.15. The van der Waals surface area contributed by atoms with Crippen LogP contribution in [0.1, 0.15) is 46.6 Å². The van der Waals surface area contributed by atoms with Gasteiger partial charge in [0.05, 0.1) is 6.42 Å². The summed E-state index contributed by atoms with van der Waals surface area (Å²) in [5, 5.41) is 2.57. The number of carbonyl (C=O) groups excluding carboxylic acids is 3. The largest absolute Gasteiger partial charge is 0.460 e. The van der Waals surface area contributed by atoms with Crippen LogP contribution in [-0.2, 0) is 25.7 Å². The van der Waals surface area contributed by atoms with Crippen LogP contribution in [-0.4, -0.2) is 29.7 Å². The molecule has 172 valence electrons. The Bertz CT molecular complexity index is 903. The molecule has 0 fully saturated rings. The molecule has 7 nitrogen and oxygen atoms in total. The second-order valence-electron chi connectivity index (χ2n) is 9.13. The van der Waals surface area contributed by atoms with Crippen LogP contribution in [0.2, 0.25) is 0 Å². The van der Waals surface area contributed by atoms with E-state index in [1.807, 2.05) is 30.3 Å². The zero-order valence-corrected chi connectivity index (χ0v) is 19.2. The van der Waals surface area contributed by atoms with Crippen molar-refractivity contribution in [3.05, 3.63) is 66.2 Å². The van der Waals surface area contributed by atoms with Gasteiger partial charge >= 0.3 is 18.0 Å². The van der Waals surface area contributed by atoms with E-state index < -0.39 is 35.1 Å². The van der Waals surface area contributed by atoms with Crippen molar-refractivity contribution < 1.29 is 28.6 Å². The van der Waals surface area contributed by atoms with Crippen molar-refractivity contribution in [3.8, 4) is 5.75 Å². The van der Waals surface area contributed by atoms with Gasteiger partial charge in [-0.25, -0.2) is 9.59 Å². The molecule has 0 aliphatic rings. The lowest BCUT2D eigenvalue weighted by Crippen LogP contribution is -2.52. The monoisotopic (exact) mass is 441 g/mol. The first-order valence-corrected chi connectivity index (χ1v) is 10.4. The topological polar surface area (TPSA) is 90.9 Å². The Morgan fingerprint density at radius 2 is 1.44 bits per heavy atom. The van der Waals surface area contributed by atoms with Gasteiger partial charge in [-0.1, -0.05) is 62.4 Å². The molecule has 32 heavy (non-hydrogen) atoms. The minimum absolute atomic E-state index is 0.0358. The van der Waals surface area contributed by atoms with E-state index in [1.165, 1.54) is 0 Å². The maximum absolute atomic E-state index is 13.0. The highest BCUT2D eigenvalue weighted by molar-refractivity contribution is 5.84. The van der Waals surface area contributed by atoms with Gasteiger partial charge in [0.2, 0.25) is 0 Å². The van der Waals surface area contributed by atoms with E-state index in [2.05, 4.69) is 5.32 Å². The number of carbonyl (C=O) groups is 3. The van der Waals surface area contributed by atoms with E-state index in [4.69, 9.17) is 14.2 Å². The average molecular weight is 442 g/mol. The predicted octanol–water partition coefficient (Wildman–Crippen LogP) is 4.65. The maximum atomic E-state index is 13.0. The minimum atomic E-state index is -1.14. The van der Waals surface area contributed by atoms with Crippen LogP contribution in [0, 0.1) is 5.41 Å². The number of hydrogen-bond acceptors (Lipinski definition) is 6. The average Bonchev–Trinajstić information content (AvgIpc) is 2.69. The summed E-state index contributed by atoms with van der Waals surface area (Å²) in [4.78, 5) is 37.9. The normalized spacial score (nSPS) is 12.4. The van der Waals surface area contributed by atoms with Crippen LogP contribution in [0.5, 0.6) is 5.75 Å². The third-order valence-electron chi connectivity index (χ3n) is 4.48. The summed E-state index contributed by atoms with van der Waals surface area (Å²) >= 11 is 0. The summed E-state index contributed by atoms with van der Waals surface area (Å²) in [5.74, 6) is -0.833. The van der Waals surface area contributed by atoms with Crippen LogP contribution in [0.3, 0.4) is 0 Å². The van der Waals surface area contributed by atoms with Gasteiger partial charge in [-0.2, -0.15) is 0 Å². The van der Waals surface area contributed by atoms with Crippen LogP contribution in [0.25, 0.3) is 0 Å². The molecule has 1 amide bonds. The molecule has 0 aliphatic heterocycles. The molecule has 1 atom stereocenters. The summed E-state index contributed by atoms with van der Waals surface area (Å²) in [5.41, 5.74) is -0.876. The number of amides is 1. The molecule has 0 unspecified atom stereocenters. The van der Waals surface area contributed by atoms with Gasteiger partial charge < -0.3 is 19.5 Å². The summed E-state index contributed by atoms with van der Waals surface area (Å²) < 4.78 is 16.1. The van der Waals surface area contributed by atoms with Crippen molar-refractivity contribution in [2.75, 3.05) is 0 Å². The summed E-state index contributed by atoms with van der Waals surface area (Å²) in [7, 11) is 0. The van der Waals surface area contributed by atoms with Gasteiger partial charge in [0.15, 0.2) is 0 Å². The Morgan fingerprint density at radius 3 is 2.00 bits per heavy atom. The number of nitrogens with one attached hydrogen (secondary N) is 1. The number of hydrogen-bond donors (Lipinski definition) is 1. The standard InChI is InChI=1S/C25H31NO6/c1-24(2,3)32-20(27)16-25(4,5)21(22(28)30-17-18-12-8-6-9-13-18)26-23(29)31-19-14-10-7-11-15-19/h6-15,21H,16-17H2,1-5H3,(H,26,29)/t21-/m0/s1. The fraction of sp³-hybridized carbons (Fsp3) is 0.400. The zero-order chi connectivity index (χ0) is 23.8. The van der Waals surface area contributed by atoms with Crippen molar-refractivity contribution in [3.63, 3.8) is 0 Å².